The second-order valence-corrected chi connectivity index (χ2v) is 4.03. The van der Waals surface area contributed by atoms with Crippen molar-refractivity contribution in [1.82, 2.24) is 5.32 Å². The zero-order valence-electron chi connectivity index (χ0n) is 11.2. The highest BCUT2D eigenvalue weighted by molar-refractivity contribution is 5.78. The van der Waals surface area contributed by atoms with Gasteiger partial charge in [-0.05, 0) is 18.1 Å². The van der Waals surface area contributed by atoms with E-state index in [1.165, 1.54) is 0 Å². The lowest BCUT2D eigenvalue weighted by Gasteiger charge is -2.14. The number of nitrogens with zero attached hydrogens (tertiary/aromatic N) is 1. The molecule has 0 bridgehead atoms. The Kier molecular flexibility index (Phi) is 6.58. The summed E-state index contributed by atoms with van der Waals surface area (Å²) in [5.74, 6) is -0.314. The highest BCUT2D eigenvalue weighted by Crippen LogP contribution is 2.16. The van der Waals surface area contributed by atoms with Crippen molar-refractivity contribution in [1.29, 1.82) is 5.26 Å². The molecule has 5 heteroatoms. The molecule has 0 heterocycles. The maximum absolute atomic E-state index is 11.6. The Bertz CT molecular complexity index is 454. The zero-order chi connectivity index (χ0) is 14.1. The molecular weight excluding hydrogens is 244 g/mol. The van der Waals surface area contributed by atoms with E-state index >= 15 is 0 Å². The third-order valence-corrected chi connectivity index (χ3v) is 2.60. The molecule has 1 N–H and O–H groups in total. The zero-order valence-corrected chi connectivity index (χ0v) is 11.2. The van der Waals surface area contributed by atoms with Crippen molar-refractivity contribution in [3.8, 4) is 6.07 Å². The predicted molar refractivity (Wildman–Crippen MR) is 70.4 cm³/mol. The average Bonchev–Trinajstić information content (AvgIpc) is 2.42. The minimum atomic E-state index is -0.653. The normalized spacial score (nSPS) is 11.6. The Morgan fingerprint density at radius 2 is 2.16 bits per heavy atom. The molecule has 0 radical (unpaired) electrons. The third-order valence-electron chi connectivity index (χ3n) is 2.60. The van der Waals surface area contributed by atoms with Crippen molar-refractivity contribution in [3.05, 3.63) is 35.4 Å². The molecule has 1 aromatic rings. The summed E-state index contributed by atoms with van der Waals surface area (Å²) in [4.78, 5) is 11.6. The highest BCUT2D eigenvalue weighted by Gasteiger charge is 2.15. The number of ether oxygens (including phenoxy) is 2. The van der Waals surface area contributed by atoms with Crippen molar-refractivity contribution in [2.75, 3.05) is 26.9 Å². The number of methoxy groups -OCH3 is 1. The number of carbonyl (C=O) groups is 1. The predicted octanol–water partition coefficient (Wildman–Crippen LogP) is 1.34. The number of hydrogen-bond acceptors (Lipinski definition) is 4. The van der Waals surface area contributed by atoms with Gasteiger partial charge in [0, 0.05) is 7.11 Å². The Balaban J connectivity index is 2.52. The molecule has 1 unspecified atom stereocenters. The maximum atomic E-state index is 11.6. The molecule has 19 heavy (non-hydrogen) atoms. The molecule has 0 fully saturated rings. The van der Waals surface area contributed by atoms with E-state index in [2.05, 4.69) is 11.4 Å². The number of nitriles is 1. The Labute approximate surface area is 113 Å². The molecule has 0 aromatic heterocycles. The van der Waals surface area contributed by atoms with Crippen LogP contribution in [0.4, 0.5) is 0 Å². The summed E-state index contributed by atoms with van der Waals surface area (Å²) in [6.45, 7) is 2.62. The number of nitrogens with one attached hydrogen (secondary N) is 1. The fourth-order valence-corrected chi connectivity index (χ4v) is 1.60. The van der Waals surface area contributed by atoms with E-state index in [4.69, 9.17) is 14.7 Å². The first-order valence-electron chi connectivity index (χ1n) is 6.00. The summed E-state index contributed by atoms with van der Waals surface area (Å²) in [5.41, 5.74) is 1.77. The summed E-state index contributed by atoms with van der Waals surface area (Å²) in [5, 5.41) is 11.8. The molecule has 0 aliphatic carbocycles. The van der Waals surface area contributed by atoms with Gasteiger partial charge in [-0.15, -0.1) is 0 Å². The van der Waals surface area contributed by atoms with Crippen molar-refractivity contribution >= 4 is 5.91 Å². The molecule has 102 valence electrons. The third kappa shape index (κ3) is 5.08. The van der Waals surface area contributed by atoms with E-state index in [0.29, 0.717) is 13.2 Å². The number of aryl methyl sites for hydroxylation is 1. The summed E-state index contributed by atoms with van der Waals surface area (Å²) in [7, 11) is 1.56. The number of benzene rings is 1. The fourth-order valence-electron chi connectivity index (χ4n) is 1.60. The van der Waals surface area contributed by atoms with Gasteiger partial charge in [0.1, 0.15) is 12.6 Å². The minimum absolute atomic E-state index is 0.0760. The van der Waals surface area contributed by atoms with Crippen LogP contribution in [0.3, 0.4) is 0 Å². The van der Waals surface area contributed by atoms with Crippen LogP contribution in [0.25, 0.3) is 0 Å². The second kappa shape index (κ2) is 8.25. The molecule has 1 aromatic carbocycles. The largest absolute Gasteiger partial charge is 0.382 e. The van der Waals surface area contributed by atoms with Crippen LogP contribution in [-0.2, 0) is 14.3 Å². The van der Waals surface area contributed by atoms with E-state index in [-0.39, 0.29) is 12.5 Å². The topological polar surface area (TPSA) is 71.3 Å². The number of rotatable bonds is 7. The van der Waals surface area contributed by atoms with E-state index in [1.807, 2.05) is 31.2 Å². The summed E-state index contributed by atoms with van der Waals surface area (Å²) in [6.07, 6.45) is 0. The van der Waals surface area contributed by atoms with Gasteiger partial charge < -0.3 is 14.8 Å². The van der Waals surface area contributed by atoms with Gasteiger partial charge in [-0.1, -0.05) is 24.3 Å². The standard InChI is InChI=1S/C14H18N2O3/c1-11-5-3-4-6-12(11)13(9-15)16-14(17)10-19-8-7-18-2/h3-6,13H,7-8,10H2,1-2H3,(H,16,17). The van der Waals surface area contributed by atoms with Crippen LogP contribution in [-0.4, -0.2) is 32.8 Å². The molecule has 1 rings (SSSR count). The Morgan fingerprint density at radius 1 is 1.42 bits per heavy atom. The van der Waals surface area contributed by atoms with Gasteiger partial charge in [0.05, 0.1) is 19.3 Å². The first-order chi connectivity index (χ1) is 9.19. The van der Waals surface area contributed by atoms with Crippen molar-refractivity contribution in [3.63, 3.8) is 0 Å². The van der Waals surface area contributed by atoms with Crippen LogP contribution in [0.5, 0.6) is 0 Å². The fraction of sp³-hybridized carbons (Fsp3) is 0.429. The van der Waals surface area contributed by atoms with Gasteiger partial charge in [-0.2, -0.15) is 5.26 Å². The van der Waals surface area contributed by atoms with Crippen LogP contribution < -0.4 is 5.32 Å². The number of hydrogen-bond donors (Lipinski definition) is 1. The number of amides is 1. The van der Waals surface area contributed by atoms with Crippen LogP contribution in [0.1, 0.15) is 17.2 Å². The summed E-state index contributed by atoms with van der Waals surface area (Å²) in [6, 6.07) is 8.89. The SMILES string of the molecule is COCCOCC(=O)NC(C#N)c1ccccc1C. The molecule has 5 nitrogen and oxygen atoms in total. The average molecular weight is 262 g/mol. The van der Waals surface area contributed by atoms with Crippen molar-refractivity contribution in [2.24, 2.45) is 0 Å². The maximum Gasteiger partial charge on any atom is 0.247 e. The molecule has 1 atom stereocenters. The molecule has 0 aliphatic rings. The van der Waals surface area contributed by atoms with Crippen LogP contribution >= 0.6 is 0 Å². The van der Waals surface area contributed by atoms with Crippen molar-refractivity contribution in [2.45, 2.75) is 13.0 Å². The van der Waals surface area contributed by atoms with E-state index in [0.717, 1.165) is 11.1 Å². The molecule has 0 saturated heterocycles. The monoisotopic (exact) mass is 262 g/mol. The number of carbonyl (C=O) groups excluding carboxylic acids is 1. The Hall–Kier alpha value is -1.90. The lowest BCUT2D eigenvalue weighted by Crippen LogP contribution is -2.31. The molecular formula is C14H18N2O3. The summed E-state index contributed by atoms with van der Waals surface area (Å²) < 4.78 is 9.90. The van der Waals surface area contributed by atoms with Crippen LogP contribution in [0.15, 0.2) is 24.3 Å². The molecule has 0 aliphatic heterocycles. The van der Waals surface area contributed by atoms with Gasteiger partial charge in [-0.25, -0.2) is 0 Å². The van der Waals surface area contributed by atoms with E-state index < -0.39 is 6.04 Å². The van der Waals surface area contributed by atoms with Gasteiger partial charge in [0.2, 0.25) is 5.91 Å². The van der Waals surface area contributed by atoms with Gasteiger partial charge >= 0.3 is 0 Å². The van der Waals surface area contributed by atoms with Crippen LogP contribution in [0, 0.1) is 18.3 Å². The quantitative estimate of drug-likeness (QED) is 0.753. The van der Waals surface area contributed by atoms with Crippen molar-refractivity contribution < 1.29 is 14.3 Å². The van der Waals surface area contributed by atoms with Gasteiger partial charge in [0.25, 0.3) is 0 Å². The lowest BCUT2D eigenvalue weighted by molar-refractivity contribution is -0.126. The highest BCUT2D eigenvalue weighted by atomic mass is 16.5. The molecule has 0 saturated carbocycles. The smallest absolute Gasteiger partial charge is 0.247 e. The first-order valence-corrected chi connectivity index (χ1v) is 6.00. The lowest BCUT2D eigenvalue weighted by atomic mass is 10.0. The van der Waals surface area contributed by atoms with Crippen LogP contribution in [0.2, 0.25) is 0 Å². The Morgan fingerprint density at radius 3 is 2.79 bits per heavy atom. The van der Waals surface area contributed by atoms with E-state index in [9.17, 15) is 4.79 Å². The van der Waals surface area contributed by atoms with Gasteiger partial charge in [-0.3, -0.25) is 4.79 Å². The van der Waals surface area contributed by atoms with Gasteiger partial charge in [0.15, 0.2) is 0 Å². The first kappa shape index (κ1) is 15.2. The van der Waals surface area contributed by atoms with E-state index in [1.54, 1.807) is 7.11 Å². The molecule has 1 amide bonds. The summed E-state index contributed by atoms with van der Waals surface area (Å²) >= 11 is 0. The second-order valence-electron chi connectivity index (χ2n) is 4.03. The minimum Gasteiger partial charge on any atom is -0.382 e. The molecule has 0 spiro atoms.